The second kappa shape index (κ2) is 5.49. The predicted molar refractivity (Wildman–Crippen MR) is 58.8 cm³/mol. The first-order valence-electron chi connectivity index (χ1n) is 3.79. The highest BCUT2D eigenvalue weighted by atomic mass is 79.9. The normalized spacial score (nSPS) is 10.1. The standard InChI is InChI=1S/C9H11BrNS/c10-6-3-7-12-9-5-2-1-4-8(9)11/h1,4-5H,3,6-7,11H2. The van der Waals surface area contributed by atoms with Crippen LogP contribution < -0.4 is 5.73 Å². The van der Waals surface area contributed by atoms with Gasteiger partial charge in [-0.2, -0.15) is 0 Å². The lowest BCUT2D eigenvalue weighted by Gasteiger charge is -2.02. The molecule has 0 spiro atoms. The Kier molecular flexibility index (Phi) is 4.54. The molecule has 3 heteroatoms. The van der Waals surface area contributed by atoms with Crippen LogP contribution in [0.15, 0.2) is 23.1 Å². The fourth-order valence-electron chi connectivity index (χ4n) is 0.789. The maximum absolute atomic E-state index is 5.75. The van der Waals surface area contributed by atoms with Crippen molar-refractivity contribution in [2.24, 2.45) is 0 Å². The summed E-state index contributed by atoms with van der Waals surface area (Å²) in [4.78, 5) is 1.14. The van der Waals surface area contributed by atoms with Gasteiger partial charge in [-0.05, 0) is 30.4 Å². The molecule has 0 saturated heterocycles. The minimum Gasteiger partial charge on any atom is -0.398 e. The Labute approximate surface area is 85.9 Å². The Morgan fingerprint density at radius 1 is 1.58 bits per heavy atom. The number of hydrogen-bond donors (Lipinski definition) is 1. The van der Waals surface area contributed by atoms with Gasteiger partial charge in [-0.3, -0.25) is 0 Å². The van der Waals surface area contributed by atoms with Crippen molar-refractivity contribution in [3.8, 4) is 0 Å². The predicted octanol–water partition coefficient (Wildman–Crippen LogP) is 2.95. The Morgan fingerprint density at radius 2 is 2.42 bits per heavy atom. The van der Waals surface area contributed by atoms with E-state index in [0.29, 0.717) is 0 Å². The molecule has 1 aromatic rings. The van der Waals surface area contributed by atoms with E-state index in [-0.39, 0.29) is 0 Å². The summed E-state index contributed by atoms with van der Waals surface area (Å²) in [5.41, 5.74) is 6.61. The summed E-state index contributed by atoms with van der Waals surface area (Å²) in [5, 5.41) is 1.05. The van der Waals surface area contributed by atoms with E-state index in [0.717, 1.165) is 21.7 Å². The molecular formula is C9H11BrNS. The van der Waals surface area contributed by atoms with E-state index in [1.54, 1.807) is 11.8 Å². The van der Waals surface area contributed by atoms with Gasteiger partial charge in [0.05, 0.1) is 0 Å². The van der Waals surface area contributed by atoms with Crippen molar-refractivity contribution >= 4 is 33.4 Å². The van der Waals surface area contributed by atoms with Gasteiger partial charge in [0.2, 0.25) is 0 Å². The Hall–Kier alpha value is -0.150. The molecule has 0 saturated carbocycles. The van der Waals surface area contributed by atoms with E-state index in [9.17, 15) is 0 Å². The smallest absolute Gasteiger partial charge is 0.0452 e. The number of benzene rings is 1. The maximum Gasteiger partial charge on any atom is 0.0452 e. The fourth-order valence-corrected chi connectivity index (χ4v) is 2.34. The summed E-state index contributed by atoms with van der Waals surface area (Å²) in [6.07, 6.45) is 1.17. The lowest BCUT2D eigenvalue weighted by atomic mass is 10.3. The third-order valence-electron chi connectivity index (χ3n) is 1.39. The van der Waals surface area contributed by atoms with Gasteiger partial charge < -0.3 is 5.73 Å². The molecule has 1 aromatic carbocycles. The van der Waals surface area contributed by atoms with Crippen LogP contribution in [0.25, 0.3) is 0 Å². The van der Waals surface area contributed by atoms with Gasteiger partial charge in [0.15, 0.2) is 0 Å². The second-order valence-corrected chi connectivity index (χ2v) is 4.28. The minimum atomic E-state index is 0.855. The molecule has 0 atom stereocenters. The lowest BCUT2D eigenvalue weighted by Crippen LogP contribution is -1.88. The highest BCUT2D eigenvalue weighted by Crippen LogP contribution is 2.24. The van der Waals surface area contributed by atoms with Crippen LogP contribution in [0, 0.1) is 6.07 Å². The van der Waals surface area contributed by atoms with Crippen LogP contribution in [0.5, 0.6) is 0 Å². The first kappa shape index (κ1) is 9.93. The molecule has 1 rings (SSSR count). The molecule has 0 unspecified atom stereocenters. The molecule has 0 bridgehead atoms. The van der Waals surface area contributed by atoms with Gasteiger partial charge in [-0.15, -0.1) is 11.8 Å². The molecule has 2 N–H and O–H groups in total. The van der Waals surface area contributed by atoms with Gasteiger partial charge in [0.25, 0.3) is 0 Å². The summed E-state index contributed by atoms with van der Waals surface area (Å²) in [6, 6.07) is 8.68. The SMILES string of the molecule is Nc1cc[c]cc1SCCCBr. The number of rotatable bonds is 4. The van der Waals surface area contributed by atoms with Crippen LogP contribution in [0.4, 0.5) is 5.69 Å². The molecule has 1 radical (unpaired) electrons. The van der Waals surface area contributed by atoms with Gasteiger partial charge in [-0.1, -0.05) is 22.0 Å². The third-order valence-corrected chi connectivity index (χ3v) is 3.11. The molecule has 0 aromatic heterocycles. The van der Waals surface area contributed by atoms with Crippen LogP contribution in [0.3, 0.4) is 0 Å². The molecule has 12 heavy (non-hydrogen) atoms. The Balaban J connectivity index is 2.46. The summed E-state index contributed by atoms with van der Waals surface area (Å²) in [5.74, 6) is 1.10. The van der Waals surface area contributed by atoms with Crippen molar-refractivity contribution < 1.29 is 0 Å². The van der Waals surface area contributed by atoms with E-state index in [4.69, 9.17) is 5.73 Å². The molecule has 0 aliphatic carbocycles. The van der Waals surface area contributed by atoms with Crippen LogP contribution >= 0.6 is 27.7 Å². The van der Waals surface area contributed by atoms with Crippen molar-refractivity contribution in [1.29, 1.82) is 0 Å². The van der Waals surface area contributed by atoms with Crippen LogP contribution in [0.2, 0.25) is 0 Å². The number of anilines is 1. The van der Waals surface area contributed by atoms with Crippen molar-refractivity contribution in [2.75, 3.05) is 16.8 Å². The summed E-state index contributed by atoms with van der Waals surface area (Å²) in [7, 11) is 0. The van der Waals surface area contributed by atoms with Crippen molar-refractivity contribution in [2.45, 2.75) is 11.3 Å². The molecular weight excluding hydrogens is 234 g/mol. The third kappa shape index (κ3) is 3.07. The second-order valence-electron chi connectivity index (χ2n) is 2.35. The van der Waals surface area contributed by atoms with E-state index in [1.165, 1.54) is 6.42 Å². The zero-order valence-electron chi connectivity index (χ0n) is 6.72. The average molecular weight is 245 g/mol. The first-order chi connectivity index (χ1) is 5.84. The Bertz CT molecular complexity index is 240. The number of halogens is 1. The van der Waals surface area contributed by atoms with E-state index >= 15 is 0 Å². The van der Waals surface area contributed by atoms with Crippen LogP contribution in [-0.2, 0) is 0 Å². The van der Waals surface area contributed by atoms with Crippen molar-refractivity contribution in [1.82, 2.24) is 0 Å². The van der Waals surface area contributed by atoms with Crippen LogP contribution in [-0.4, -0.2) is 11.1 Å². The highest BCUT2D eigenvalue weighted by molar-refractivity contribution is 9.09. The lowest BCUT2D eigenvalue weighted by molar-refractivity contribution is 1.13. The summed E-state index contributed by atoms with van der Waals surface area (Å²) in [6.45, 7) is 0. The van der Waals surface area contributed by atoms with Gasteiger partial charge in [-0.25, -0.2) is 0 Å². The van der Waals surface area contributed by atoms with E-state index < -0.39 is 0 Å². The monoisotopic (exact) mass is 244 g/mol. The zero-order valence-corrected chi connectivity index (χ0v) is 9.12. The van der Waals surface area contributed by atoms with Gasteiger partial charge in [0, 0.05) is 15.9 Å². The number of alkyl halides is 1. The number of nitrogens with two attached hydrogens (primary N) is 1. The zero-order chi connectivity index (χ0) is 8.81. The van der Waals surface area contributed by atoms with Crippen LogP contribution in [0.1, 0.15) is 6.42 Å². The summed E-state index contributed by atoms with van der Waals surface area (Å²) < 4.78 is 0. The number of nitrogen functional groups attached to an aromatic ring is 1. The van der Waals surface area contributed by atoms with Gasteiger partial charge in [0.1, 0.15) is 0 Å². The number of thioether (sulfide) groups is 1. The van der Waals surface area contributed by atoms with E-state index in [1.807, 2.05) is 18.2 Å². The quantitative estimate of drug-likeness (QED) is 0.382. The topological polar surface area (TPSA) is 26.0 Å². The summed E-state index contributed by atoms with van der Waals surface area (Å²) >= 11 is 5.17. The molecule has 0 aliphatic heterocycles. The van der Waals surface area contributed by atoms with Crippen molar-refractivity contribution in [3.05, 3.63) is 24.3 Å². The molecule has 0 aliphatic rings. The molecule has 0 amide bonds. The minimum absolute atomic E-state index is 0.855. The fraction of sp³-hybridized carbons (Fsp3) is 0.333. The molecule has 0 fully saturated rings. The molecule has 0 heterocycles. The molecule has 1 nitrogen and oxygen atoms in total. The molecule has 65 valence electrons. The van der Waals surface area contributed by atoms with Gasteiger partial charge >= 0.3 is 0 Å². The first-order valence-corrected chi connectivity index (χ1v) is 5.89. The number of hydrogen-bond acceptors (Lipinski definition) is 2. The average Bonchev–Trinajstić information content (AvgIpc) is 2.09. The largest absolute Gasteiger partial charge is 0.398 e. The Morgan fingerprint density at radius 3 is 3.08 bits per heavy atom. The van der Waals surface area contributed by atoms with Crippen molar-refractivity contribution in [3.63, 3.8) is 0 Å². The van der Waals surface area contributed by atoms with E-state index in [2.05, 4.69) is 22.0 Å². The highest BCUT2D eigenvalue weighted by Gasteiger charge is 1.96. The maximum atomic E-state index is 5.75.